The number of nitrogens with one attached hydrogen (secondary N) is 2. The first-order valence-corrected chi connectivity index (χ1v) is 11.3. The number of nitriles is 1. The molecule has 1 amide bonds. The fourth-order valence-electron chi connectivity index (χ4n) is 3.32. The minimum Gasteiger partial charge on any atom is -0.467 e. The van der Waals surface area contributed by atoms with Crippen LogP contribution in [0.3, 0.4) is 0 Å². The summed E-state index contributed by atoms with van der Waals surface area (Å²) >= 11 is 5.93. The summed E-state index contributed by atoms with van der Waals surface area (Å²) in [6.07, 6.45) is 4.84. The lowest BCUT2D eigenvalue weighted by atomic mass is 10.0. The fraction of sp³-hybridized carbons (Fsp3) is 0.280. The van der Waals surface area contributed by atoms with Gasteiger partial charge in [-0.15, -0.1) is 0 Å². The minimum atomic E-state index is -0.531. The molecule has 0 fully saturated rings. The van der Waals surface area contributed by atoms with Crippen molar-refractivity contribution in [1.29, 1.82) is 5.26 Å². The number of nitrogens with zero attached hydrogens (tertiary/aromatic N) is 4. The van der Waals surface area contributed by atoms with Crippen molar-refractivity contribution in [1.82, 2.24) is 14.9 Å². The maximum absolute atomic E-state index is 13.6. The van der Waals surface area contributed by atoms with Gasteiger partial charge in [0.15, 0.2) is 0 Å². The highest BCUT2D eigenvalue weighted by molar-refractivity contribution is 6.31. The minimum absolute atomic E-state index is 0.0300. The second-order valence-corrected chi connectivity index (χ2v) is 8.41. The van der Waals surface area contributed by atoms with Gasteiger partial charge in [-0.05, 0) is 62.8 Å². The molecule has 0 aliphatic heterocycles. The van der Waals surface area contributed by atoms with Crippen LogP contribution in [0.5, 0.6) is 6.01 Å². The van der Waals surface area contributed by atoms with E-state index in [9.17, 15) is 9.18 Å². The van der Waals surface area contributed by atoms with E-state index in [2.05, 4.69) is 26.7 Å². The van der Waals surface area contributed by atoms with Gasteiger partial charge in [-0.3, -0.25) is 4.79 Å². The number of halogens is 2. The molecule has 35 heavy (non-hydrogen) atoms. The van der Waals surface area contributed by atoms with E-state index in [0.29, 0.717) is 53.9 Å². The van der Waals surface area contributed by atoms with Crippen molar-refractivity contribution in [2.24, 2.45) is 0 Å². The first kappa shape index (κ1) is 25.9. The number of carbonyl (C=O) groups excluding carboxylic acids is 1. The number of likely N-dealkylation sites (N-methyl/N-ethyl adjacent to an activating group) is 1. The van der Waals surface area contributed by atoms with Gasteiger partial charge in [0.05, 0.1) is 23.7 Å². The summed E-state index contributed by atoms with van der Waals surface area (Å²) in [6, 6.07) is 10.1. The molecule has 0 radical (unpaired) electrons. The topological polar surface area (TPSA) is 103 Å². The molecule has 3 aromatic rings. The summed E-state index contributed by atoms with van der Waals surface area (Å²) in [6.45, 7) is 0.627. The van der Waals surface area contributed by atoms with Gasteiger partial charge in [0, 0.05) is 35.8 Å². The van der Waals surface area contributed by atoms with E-state index in [1.165, 1.54) is 31.4 Å². The molecular formula is C25H26ClFN6O2. The number of unbranched alkanes of at least 4 members (excludes halogenated alkanes) is 1. The molecule has 1 heterocycles. The smallest absolute Gasteiger partial charge is 0.318 e. The van der Waals surface area contributed by atoms with Crippen molar-refractivity contribution >= 4 is 45.6 Å². The molecule has 0 aliphatic rings. The summed E-state index contributed by atoms with van der Waals surface area (Å²) in [5, 5.41) is 15.6. The highest BCUT2D eigenvalue weighted by Crippen LogP contribution is 2.32. The number of aromatic nitrogens is 2. The van der Waals surface area contributed by atoms with Crippen LogP contribution in [0.15, 0.2) is 42.5 Å². The van der Waals surface area contributed by atoms with Crippen molar-refractivity contribution in [3.05, 3.63) is 58.9 Å². The zero-order valence-electron chi connectivity index (χ0n) is 19.7. The van der Waals surface area contributed by atoms with Crippen LogP contribution in [0, 0.1) is 17.1 Å². The van der Waals surface area contributed by atoms with Crippen LogP contribution in [0.2, 0.25) is 5.02 Å². The average Bonchev–Trinajstić information content (AvgIpc) is 2.81. The molecule has 2 aromatic carbocycles. The van der Waals surface area contributed by atoms with Crippen LogP contribution in [0.25, 0.3) is 10.9 Å². The van der Waals surface area contributed by atoms with Gasteiger partial charge >= 0.3 is 6.01 Å². The van der Waals surface area contributed by atoms with Crippen molar-refractivity contribution in [3.63, 3.8) is 0 Å². The van der Waals surface area contributed by atoms with Crippen molar-refractivity contribution in [3.8, 4) is 12.1 Å². The molecule has 3 rings (SSSR count). The largest absolute Gasteiger partial charge is 0.467 e. The zero-order chi connectivity index (χ0) is 25.4. The normalized spacial score (nSPS) is 11.1. The molecule has 0 atom stereocenters. The number of amides is 1. The van der Waals surface area contributed by atoms with Crippen LogP contribution >= 0.6 is 11.6 Å². The first-order valence-electron chi connectivity index (χ1n) is 10.9. The number of aryl methyl sites for hydroxylation is 1. The predicted molar refractivity (Wildman–Crippen MR) is 136 cm³/mol. The maximum atomic E-state index is 13.6. The van der Waals surface area contributed by atoms with Crippen LogP contribution in [0.1, 0.15) is 18.4 Å². The van der Waals surface area contributed by atoms with Crippen LogP contribution < -0.4 is 15.4 Å². The molecule has 10 heteroatoms. The zero-order valence-corrected chi connectivity index (χ0v) is 20.5. The fourth-order valence-corrected chi connectivity index (χ4v) is 3.50. The van der Waals surface area contributed by atoms with E-state index < -0.39 is 5.82 Å². The Kier molecular flexibility index (Phi) is 8.95. The quantitative estimate of drug-likeness (QED) is 0.298. The summed E-state index contributed by atoms with van der Waals surface area (Å²) < 4.78 is 18.9. The van der Waals surface area contributed by atoms with Gasteiger partial charge in [-0.25, -0.2) is 4.39 Å². The molecule has 0 saturated carbocycles. The Morgan fingerprint density at radius 3 is 2.77 bits per heavy atom. The predicted octanol–water partition coefficient (Wildman–Crippen LogP) is 5.08. The molecule has 0 unspecified atom stereocenters. The van der Waals surface area contributed by atoms with Crippen LogP contribution in [-0.2, 0) is 11.2 Å². The molecule has 8 nitrogen and oxygen atoms in total. The third-order valence-electron chi connectivity index (χ3n) is 5.00. The molecule has 182 valence electrons. The second kappa shape index (κ2) is 12.1. The van der Waals surface area contributed by atoms with E-state index in [0.717, 1.165) is 5.56 Å². The Morgan fingerprint density at radius 1 is 1.29 bits per heavy atom. The lowest BCUT2D eigenvalue weighted by Gasteiger charge is -2.15. The summed E-state index contributed by atoms with van der Waals surface area (Å²) in [5.74, 6) is -0.407. The van der Waals surface area contributed by atoms with Crippen LogP contribution in [0.4, 0.5) is 21.6 Å². The second-order valence-electron chi connectivity index (χ2n) is 8.00. The van der Waals surface area contributed by atoms with Gasteiger partial charge in [-0.2, -0.15) is 15.2 Å². The molecule has 0 saturated heterocycles. The molecule has 0 aliphatic carbocycles. The Balaban J connectivity index is 2.05. The summed E-state index contributed by atoms with van der Waals surface area (Å²) in [7, 11) is 5.29. The SMILES string of the molecule is COc1nc(Nc2ccc(F)c(Cl)c2)c2cc(NC(=O)C=CCN(C)C)c(CCCC#N)cc2n1. The molecule has 2 N–H and O–H groups in total. The summed E-state index contributed by atoms with van der Waals surface area (Å²) in [5.41, 5.74) is 2.52. The van der Waals surface area contributed by atoms with Gasteiger partial charge in [-0.1, -0.05) is 17.7 Å². The van der Waals surface area contributed by atoms with Crippen molar-refractivity contribution in [2.45, 2.75) is 19.3 Å². The third-order valence-corrected chi connectivity index (χ3v) is 5.29. The Hall–Kier alpha value is -3.74. The molecule has 0 bridgehead atoms. The van der Waals surface area contributed by atoms with E-state index in [4.69, 9.17) is 21.6 Å². The maximum Gasteiger partial charge on any atom is 0.318 e. The standard InChI is InChI=1S/C25H26ClFN6O2/c1-33(2)12-6-8-23(34)30-21-15-18-22(13-16(21)7-4-5-11-28)31-25(35-3)32-24(18)29-17-9-10-20(27)19(26)14-17/h6,8-10,13-15H,4-5,7,12H2,1-3H3,(H,30,34)(H,29,31,32). The highest BCUT2D eigenvalue weighted by atomic mass is 35.5. The number of carbonyl (C=O) groups is 1. The summed E-state index contributed by atoms with van der Waals surface area (Å²) in [4.78, 5) is 23.4. The molecule has 0 spiro atoms. The van der Waals surface area contributed by atoms with Gasteiger partial charge < -0.3 is 20.3 Å². The number of hydrogen-bond donors (Lipinski definition) is 2. The van der Waals surface area contributed by atoms with E-state index in [1.54, 1.807) is 12.1 Å². The van der Waals surface area contributed by atoms with Gasteiger partial charge in [0.2, 0.25) is 5.91 Å². The number of ether oxygens (including phenoxy) is 1. The number of fused-ring (bicyclic) bond motifs is 1. The number of benzene rings is 2. The van der Waals surface area contributed by atoms with E-state index >= 15 is 0 Å². The Labute approximate surface area is 208 Å². The Bertz CT molecular complexity index is 1290. The first-order chi connectivity index (χ1) is 16.8. The third kappa shape index (κ3) is 7.12. The van der Waals surface area contributed by atoms with Gasteiger partial charge in [0.1, 0.15) is 11.6 Å². The Morgan fingerprint density at radius 2 is 2.09 bits per heavy atom. The van der Waals surface area contributed by atoms with Crippen molar-refractivity contribution < 1.29 is 13.9 Å². The van der Waals surface area contributed by atoms with Gasteiger partial charge in [0.25, 0.3) is 0 Å². The number of anilines is 3. The van der Waals surface area contributed by atoms with E-state index in [1.807, 2.05) is 25.1 Å². The monoisotopic (exact) mass is 496 g/mol. The molecule has 1 aromatic heterocycles. The molecular weight excluding hydrogens is 471 g/mol. The van der Waals surface area contributed by atoms with Crippen LogP contribution in [-0.4, -0.2) is 48.5 Å². The lowest BCUT2D eigenvalue weighted by molar-refractivity contribution is -0.111. The number of rotatable bonds is 10. The number of hydrogen-bond acceptors (Lipinski definition) is 7. The van der Waals surface area contributed by atoms with Crippen molar-refractivity contribution in [2.75, 3.05) is 38.4 Å². The lowest BCUT2D eigenvalue weighted by Crippen LogP contribution is -2.13. The number of methoxy groups -OCH3 is 1. The average molecular weight is 497 g/mol. The highest BCUT2D eigenvalue weighted by Gasteiger charge is 2.15. The van der Waals surface area contributed by atoms with E-state index in [-0.39, 0.29) is 16.9 Å².